The van der Waals surface area contributed by atoms with Gasteiger partial charge in [-0.25, -0.2) is 0 Å². The number of nitrogens with one attached hydrogen (secondary N) is 1. The van der Waals surface area contributed by atoms with Crippen LogP contribution in [0.15, 0.2) is 35.6 Å². The second-order valence-corrected chi connectivity index (χ2v) is 2.94. The summed E-state index contributed by atoms with van der Waals surface area (Å²) >= 11 is 0. The first-order chi connectivity index (χ1) is 8.22. The van der Waals surface area contributed by atoms with Gasteiger partial charge in [0.1, 0.15) is 0 Å². The van der Waals surface area contributed by atoms with E-state index in [0.29, 0.717) is 5.69 Å². The molecule has 0 bridgehead atoms. The lowest BCUT2D eigenvalue weighted by Crippen LogP contribution is -2.01. The van der Waals surface area contributed by atoms with Crippen LogP contribution in [0.5, 0.6) is 0 Å². The Balaban J connectivity index is 2.51. The molecule has 0 aliphatic carbocycles. The molecule has 0 fully saturated rings. The monoisotopic (exact) mass is 234 g/mol. The van der Waals surface area contributed by atoms with Crippen LogP contribution in [0.2, 0.25) is 0 Å². The number of anilines is 1. The molecule has 0 spiro atoms. The number of rotatable bonds is 4. The lowest BCUT2D eigenvalue weighted by atomic mass is 10.3. The molecule has 0 aliphatic heterocycles. The Morgan fingerprint density at radius 3 is 2.65 bits per heavy atom. The minimum absolute atomic E-state index is 0.113. The van der Waals surface area contributed by atoms with E-state index in [9.17, 15) is 15.0 Å². The van der Waals surface area contributed by atoms with Gasteiger partial charge < -0.3 is 10.1 Å². The number of nitroso groups, excluding NO2 is 1. The summed E-state index contributed by atoms with van der Waals surface area (Å²) in [5, 5.41) is 16.6. The highest BCUT2D eigenvalue weighted by atomic mass is 16.6. The van der Waals surface area contributed by atoms with Crippen LogP contribution in [0.4, 0.5) is 11.9 Å². The van der Waals surface area contributed by atoms with Crippen LogP contribution in [0.3, 0.4) is 0 Å². The SMILES string of the molecule is O=NNc1nc([N+](=O)[O-])nn1-c1ccccc1. The maximum absolute atomic E-state index is 10.5. The van der Waals surface area contributed by atoms with Crippen LogP contribution in [0, 0.1) is 15.0 Å². The second kappa shape index (κ2) is 4.35. The summed E-state index contributed by atoms with van der Waals surface area (Å²) in [5.41, 5.74) is 2.53. The molecule has 86 valence electrons. The summed E-state index contributed by atoms with van der Waals surface area (Å²) in [5.74, 6) is -0.724. The van der Waals surface area contributed by atoms with E-state index in [1.54, 1.807) is 30.3 Å². The molecule has 1 N–H and O–H groups in total. The molecule has 0 unspecified atom stereocenters. The van der Waals surface area contributed by atoms with Gasteiger partial charge in [0, 0.05) is 5.10 Å². The largest absolute Gasteiger partial charge is 0.493 e. The fraction of sp³-hybridized carbons (Fsp3) is 0. The molecule has 9 heteroatoms. The fourth-order valence-corrected chi connectivity index (χ4v) is 1.24. The summed E-state index contributed by atoms with van der Waals surface area (Å²) in [6, 6.07) is 8.55. The van der Waals surface area contributed by atoms with Crippen LogP contribution >= 0.6 is 0 Å². The van der Waals surface area contributed by atoms with Crippen molar-refractivity contribution in [3.05, 3.63) is 45.4 Å². The Morgan fingerprint density at radius 1 is 1.35 bits per heavy atom. The van der Waals surface area contributed by atoms with Crippen molar-refractivity contribution in [2.75, 3.05) is 5.43 Å². The highest BCUT2D eigenvalue weighted by Gasteiger charge is 2.22. The average Bonchev–Trinajstić information content (AvgIpc) is 2.75. The number of hydrogen-bond acceptors (Lipinski definition) is 6. The number of nitrogens with zero attached hydrogens (tertiary/aromatic N) is 5. The lowest BCUT2D eigenvalue weighted by molar-refractivity contribution is -0.394. The minimum atomic E-state index is -0.755. The van der Waals surface area contributed by atoms with Gasteiger partial charge in [-0.3, -0.25) is 0 Å². The molecule has 1 aromatic heterocycles. The topological polar surface area (TPSA) is 115 Å². The van der Waals surface area contributed by atoms with Crippen molar-refractivity contribution in [3.63, 3.8) is 0 Å². The van der Waals surface area contributed by atoms with Crippen molar-refractivity contribution < 1.29 is 4.92 Å². The third-order valence-electron chi connectivity index (χ3n) is 1.91. The Kier molecular flexibility index (Phi) is 2.73. The predicted octanol–water partition coefficient (Wildman–Crippen LogP) is 1.27. The summed E-state index contributed by atoms with van der Waals surface area (Å²) in [7, 11) is 0. The number of nitro groups is 1. The first-order valence-corrected chi connectivity index (χ1v) is 4.47. The Bertz CT molecular complexity index is 552. The van der Waals surface area contributed by atoms with Gasteiger partial charge in [-0.1, -0.05) is 18.2 Å². The van der Waals surface area contributed by atoms with E-state index in [1.807, 2.05) is 5.43 Å². The minimum Gasteiger partial charge on any atom is -0.390 e. The van der Waals surface area contributed by atoms with E-state index in [4.69, 9.17) is 0 Å². The summed E-state index contributed by atoms with van der Waals surface area (Å²) < 4.78 is 1.12. The van der Waals surface area contributed by atoms with E-state index in [1.165, 1.54) is 0 Å². The van der Waals surface area contributed by atoms with E-state index < -0.39 is 10.9 Å². The highest BCUT2D eigenvalue weighted by molar-refractivity contribution is 5.41. The van der Waals surface area contributed by atoms with Crippen LogP contribution in [-0.4, -0.2) is 19.7 Å². The molecule has 0 radical (unpaired) electrons. The van der Waals surface area contributed by atoms with Crippen molar-refractivity contribution in [3.8, 4) is 5.69 Å². The predicted molar refractivity (Wildman–Crippen MR) is 57.4 cm³/mol. The molecule has 1 aromatic carbocycles. The third kappa shape index (κ3) is 2.07. The van der Waals surface area contributed by atoms with Crippen LogP contribution in [0.1, 0.15) is 0 Å². The zero-order chi connectivity index (χ0) is 12.3. The van der Waals surface area contributed by atoms with Crippen molar-refractivity contribution in [2.24, 2.45) is 5.29 Å². The van der Waals surface area contributed by atoms with Crippen LogP contribution in [-0.2, 0) is 0 Å². The molecule has 0 saturated carbocycles. The maximum Gasteiger partial charge on any atom is 0.493 e. The van der Waals surface area contributed by atoms with E-state index in [-0.39, 0.29) is 5.95 Å². The normalized spacial score (nSPS) is 9.88. The molecule has 0 aliphatic rings. The van der Waals surface area contributed by atoms with Gasteiger partial charge in [0.05, 0.1) is 11.0 Å². The molecular formula is C8H6N6O3. The van der Waals surface area contributed by atoms with Crippen LogP contribution < -0.4 is 5.43 Å². The summed E-state index contributed by atoms with van der Waals surface area (Å²) in [6.45, 7) is 0. The van der Waals surface area contributed by atoms with Crippen molar-refractivity contribution in [1.82, 2.24) is 14.8 Å². The Labute approximate surface area is 94.2 Å². The highest BCUT2D eigenvalue weighted by Crippen LogP contribution is 2.16. The first kappa shape index (κ1) is 10.7. The number of benzene rings is 1. The van der Waals surface area contributed by atoms with E-state index in [2.05, 4.69) is 15.4 Å². The third-order valence-corrected chi connectivity index (χ3v) is 1.91. The second-order valence-electron chi connectivity index (χ2n) is 2.94. The van der Waals surface area contributed by atoms with Crippen molar-refractivity contribution in [2.45, 2.75) is 0 Å². The van der Waals surface area contributed by atoms with Crippen molar-refractivity contribution >= 4 is 11.9 Å². The zero-order valence-electron chi connectivity index (χ0n) is 8.35. The number of hydrogen-bond donors (Lipinski definition) is 1. The van der Waals surface area contributed by atoms with Gasteiger partial charge in [0.15, 0.2) is 0 Å². The summed E-state index contributed by atoms with van der Waals surface area (Å²) in [4.78, 5) is 23.4. The van der Waals surface area contributed by atoms with Gasteiger partial charge in [0.25, 0.3) is 0 Å². The fourth-order valence-electron chi connectivity index (χ4n) is 1.24. The molecular weight excluding hydrogens is 228 g/mol. The molecule has 0 atom stereocenters. The van der Waals surface area contributed by atoms with Gasteiger partial charge in [-0.15, -0.1) is 9.59 Å². The van der Waals surface area contributed by atoms with E-state index >= 15 is 0 Å². The maximum atomic E-state index is 10.5. The average molecular weight is 234 g/mol. The molecule has 0 saturated heterocycles. The van der Waals surface area contributed by atoms with Gasteiger partial charge in [0.2, 0.25) is 0 Å². The molecule has 2 aromatic rings. The van der Waals surface area contributed by atoms with Gasteiger partial charge >= 0.3 is 11.9 Å². The number of aromatic nitrogens is 3. The molecule has 0 amide bonds. The van der Waals surface area contributed by atoms with Gasteiger partial charge in [-0.2, -0.15) is 5.43 Å². The van der Waals surface area contributed by atoms with Crippen LogP contribution in [0.25, 0.3) is 5.69 Å². The van der Waals surface area contributed by atoms with Gasteiger partial charge in [-0.05, 0) is 22.0 Å². The Morgan fingerprint density at radius 2 is 2.06 bits per heavy atom. The lowest BCUT2D eigenvalue weighted by Gasteiger charge is -1.97. The zero-order valence-corrected chi connectivity index (χ0v) is 8.35. The molecule has 1 heterocycles. The quantitative estimate of drug-likeness (QED) is 0.483. The van der Waals surface area contributed by atoms with E-state index in [0.717, 1.165) is 4.68 Å². The standard InChI is InChI=1S/C8H6N6O3/c15-12-10-7-9-8(14(16)17)11-13(7)6-4-2-1-3-5-6/h1-5H,(H,9,10,11,15). The molecule has 9 nitrogen and oxygen atoms in total. The first-order valence-electron chi connectivity index (χ1n) is 4.47. The Hall–Kier alpha value is -2.84. The van der Waals surface area contributed by atoms with Crippen molar-refractivity contribution in [1.29, 1.82) is 0 Å². The smallest absolute Gasteiger partial charge is 0.390 e. The number of para-hydroxylation sites is 1. The summed E-state index contributed by atoms with van der Waals surface area (Å²) in [6.07, 6.45) is 0. The molecule has 17 heavy (non-hydrogen) atoms. The molecule has 2 rings (SSSR count).